The van der Waals surface area contributed by atoms with Crippen LogP contribution in [-0.2, 0) is 13.0 Å². The highest BCUT2D eigenvalue weighted by Gasteiger charge is 2.19. The van der Waals surface area contributed by atoms with E-state index < -0.39 is 16.9 Å². The molecule has 3 N–H and O–H groups in total. The molecular formula is C29H24N4O5. The molecule has 0 aliphatic heterocycles. The number of fused-ring (bicyclic) bond motifs is 3. The van der Waals surface area contributed by atoms with Crippen LogP contribution in [0.5, 0.6) is 5.75 Å². The standard InChI is InChI=1S/C29H24N4O5/c1-14-15(2)28(36)38-25-16(3)24(34)21(12-20(14)25)23-9-8-19-26(31-23)33(29(37)32-27(19)35)11-10-17-13-30-22-7-5-4-6-18(17)22/h4-9,12-13,30,34H,10-11H2,1-3H3,(H,32,35,37). The summed E-state index contributed by atoms with van der Waals surface area (Å²) in [6.45, 7) is 5.47. The quantitative estimate of drug-likeness (QED) is 0.305. The van der Waals surface area contributed by atoms with Gasteiger partial charge in [-0.05, 0) is 62.6 Å². The molecule has 0 aliphatic carbocycles. The molecule has 6 aromatic rings. The molecule has 0 saturated carbocycles. The summed E-state index contributed by atoms with van der Waals surface area (Å²) >= 11 is 0. The fraction of sp³-hybridized carbons (Fsp3) is 0.172. The lowest BCUT2D eigenvalue weighted by Crippen LogP contribution is -2.31. The van der Waals surface area contributed by atoms with Gasteiger partial charge >= 0.3 is 11.3 Å². The molecule has 0 atom stereocenters. The van der Waals surface area contributed by atoms with Crippen molar-refractivity contribution in [3.8, 4) is 17.0 Å². The highest BCUT2D eigenvalue weighted by atomic mass is 16.4. The van der Waals surface area contributed by atoms with Crippen LogP contribution in [0.25, 0.3) is 44.2 Å². The zero-order chi connectivity index (χ0) is 26.7. The van der Waals surface area contributed by atoms with Crippen molar-refractivity contribution in [2.24, 2.45) is 0 Å². The van der Waals surface area contributed by atoms with Crippen LogP contribution in [0.2, 0.25) is 0 Å². The van der Waals surface area contributed by atoms with Crippen molar-refractivity contribution < 1.29 is 9.52 Å². The van der Waals surface area contributed by atoms with Crippen molar-refractivity contribution in [1.82, 2.24) is 19.5 Å². The molecule has 0 bridgehead atoms. The van der Waals surface area contributed by atoms with Gasteiger partial charge in [-0.25, -0.2) is 14.6 Å². The summed E-state index contributed by atoms with van der Waals surface area (Å²) in [4.78, 5) is 48.0. The van der Waals surface area contributed by atoms with E-state index in [2.05, 4.69) is 9.97 Å². The number of rotatable bonds is 4. The zero-order valence-corrected chi connectivity index (χ0v) is 21.0. The number of phenols is 1. The molecule has 4 heterocycles. The number of aromatic nitrogens is 4. The second-order valence-electron chi connectivity index (χ2n) is 9.50. The van der Waals surface area contributed by atoms with E-state index in [1.165, 1.54) is 4.57 Å². The molecule has 0 unspecified atom stereocenters. The third-order valence-electron chi connectivity index (χ3n) is 7.35. The molecule has 0 saturated heterocycles. The number of benzene rings is 2. The van der Waals surface area contributed by atoms with E-state index in [1.54, 1.807) is 32.0 Å². The third-order valence-corrected chi connectivity index (χ3v) is 7.35. The Hall–Kier alpha value is -4.92. The summed E-state index contributed by atoms with van der Waals surface area (Å²) in [5.41, 5.74) is 3.47. The first kappa shape index (κ1) is 23.5. The first-order chi connectivity index (χ1) is 18.2. The summed E-state index contributed by atoms with van der Waals surface area (Å²) in [6.07, 6.45) is 2.45. The monoisotopic (exact) mass is 508 g/mol. The van der Waals surface area contributed by atoms with Crippen molar-refractivity contribution in [2.75, 3.05) is 0 Å². The van der Waals surface area contributed by atoms with Crippen LogP contribution < -0.4 is 16.9 Å². The van der Waals surface area contributed by atoms with Crippen LogP contribution in [0.1, 0.15) is 22.3 Å². The number of pyridine rings is 1. The number of hydrogen-bond acceptors (Lipinski definition) is 6. The number of nitrogens with zero attached hydrogens (tertiary/aromatic N) is 2. The molecule has 0 aliphatic rings. The molecule has 190 valence electrons. The van der Waals surface area contributed by atoms with Crippen LogP contribution in [0.15, 0.2) is 67.5 Å². The Labute approximate surface area is 215 Å². The predicted molar refractivity (Wildman–Crippen MR) is 146 cm³/mol. The van der Waals surface area contributed by atoms with Gasteiger partial charge in [0.2, 0.25) is 0 Å². The molecule has 38 heavy (non-hydrogen) atoms. The number of phenolic OH excluding ortho intramolecular Hbond substituents is 1. The van der Waals surface area contributed by atoms with Crippen molar-refractivity contribution in [3.63, 3.8) is 0 Å². The fourth-order valence-corrected chi connectivity index (χ4v) is 5.01. The van der Waals surface area contributed by atoms with E-state index in [0.29, 0.717) is 39.8 Å². The van der Waals surface area contributed by atoms with Crippen molar-refractivity contribution in [3.05, 3.63) is 102 Å². The first-order valence-electron chi connectivity index (χ1n) is 12.2. The average Bonchev–Trinajstić information content (AvgIpc) is 3.32. The van der Waals surface area contributed by atoms with Gasteiger partial charge in [-0.2, -0.15) is 0 Å². The van der Waals surface area contributed by atoms with Gasteiger partial charge in [0, 0.05) is 45.7 Å². The minimum absolute atomic E-state index is 0.0896. The van der Waals surface area contributed by atoms with Crippen LogP contribution in [0, 0.1) is 20.8 Å². The smallest absolute Gasteiger partial charge is 0.339 e. The Morgan fingerprint density at radius 2 is 1.74 bits per heavy atom. The minimum atomic E-state index is -0.556. The topological polar surface area (TPSA) is 134 Å². The molecule has 0 spiro atoms. The Morgan fingerprint density at radius 1 is 0.947 bits per heavy atom. The molecule has 0 radical (unpaired) electrons. The van der Waals surface area contributed by atoms with Gasteiger partial charge in [-0.3, -0.25) is 14.3 Å². The lowest BCUT2D eigenvalue weighted by Gasteiger charge is -2.14. The van der Waals surface area contributed by atoms with E-state index in [1.807, 2.05) is 37.4 Å². The fourth-order valence-electron chi connectivity index (χ4n) is 5.01. The van der Waals surface area contributed by atoms with E-state index >= 15 is 0 Å². The highest BCUT2D eigenvalue weighted by molar-refractivity contribution is 5.92. The number of H-pyrrole nitrogens is 2. The number of para-hydroxylation sites is 1. The molecule has 6 rings (SSSR count). The molecule has 4 aromatic heterocycles. The number of aryl methyl sites for hydroxylation is 4. The molecule has 9 nitrogen and oxygen atoms in total. The summed E-state index contributed by atoms with van der Waals surface area (Å²) < 4.78 is 6.91. The molecule has 9 heteroatoms. The number of aromatic hydroxyl groups is 1. The molecule has 2 aromatic carbocycles. The molecular weight excluding hydrogens is 484 g/mol. The molecule has 0 fully saturated rings. The van der Waals surface area contributed by atoms with Gasteiger partial charge in [0.05, 0.1) is 11.1 Å². The Morgan fingerprint density at radius 3 is 2.55 bits per heavy atom. The van der Waals surface area contributed by atoms with Gasteiger partial charge in [-0.15, -0.1) is 0 Å². The maximum atomic E-state index is 12.9. The van der Waals surface area contributed by atoms with Crippen LogP contribution in [-0.4, -0.2) is 24.6 Å². The second kappa shape index (κ2) is 8.58. The van der Waals surface area contributed by atoms with E-state index in [-0.39, 0.29) is 23.3 Å². The Kier molecular flexibility index (Phi) is 5.30. The van der Waals surface area contributed by atoms with E-state index in [4.69, 9.17) is 9.40 Å². The van der Waals surface area contributed by atoms with Crippen LogP contribution in [0.3, 0.4) is 0 Å². The number of nitrogens with one attached hydrogen (secondary N) is 2. The Balaban J connectivity index is 1.52. The SMILES string of the molecule is Cc1c(C)c2cc(-c3ccc4c(=O)[nH]c(=O)n(CCc5c[nH]c6ccccc56)c4n3)c(O)c(C)c2oc1=O. The van der Waals surface area contributed by atoms with Gasteiger partial charge in [0.15, 0.2) is 0 Å². The highest BCUT2D eigenvalue weighted by Crippen LogP contribution is 2.38. The maximum Gasteiger partial charge on any atom is 0.339 e. The average molecular weight is 509 g/mol. The summed E-state index contributed by atoms with van der Waals surface area (Å²) in [6, 6.07) is 12.9. The van der Waals surface area contributed by atoms with Crippen LogP contribution >= 0.6 is 0 Å². The number of aromatic amines is 2. The van der Waals surface area contributed by atoms with Crippen LogP contribution in [0.4, 0.5) is 0 Å². The summed E-state index contributed by atoms with van der Waals surface area (Å²) in [7, 11) is 0. The zero-order valence-electron chi connectivity index (χ0n) is 21.0. The summed E-state index contributed by atoms with van der Waals surface area (Å²) in [5.74, 6) is -0.0896. The van der Waals surface area contributed by atoms with Gasteiger partial charge in [0.1, 0.15) is 17.0 Å². The second-order valence-corrected chi connectivity index (χ2v) is 9.50. The number of hydrogen-bond donors (Lipinski definition) is 3. The first-order valence-corrected chi connectivity index (χ1v) is 12.2. The predicted octanol–water partition coefficient (Wildman–Crippen LogP) is 4.21. The third kappa shape index (κ3) is 3.54. The van der Waals surface area contributed by atoms with Crippen molar-refractivity contribution >= 4 is 32.9 Å². The van der Waals surface area contributed by atoms with Gasteiger partial charge in [-0.1, -0.05) is 18.2 Å². The van der Waals surface area contributed by atoms with E-state index in [9.17, 15) is 19.5 Å². The summed E-state index contributed by atoms with van der Waals surface area (Å²) in [5, 5.41) is 13.0. The molecule has 0 amide bonds. The van der Waals surface area contributed by atoms with E-state index in [0.717, 1.165) is 22.0 Å². The minimum Gasteiger partial charge on any atom is -0.507 e. The van der Waals surface area contributed by atoms with Crippen molar-refractivity contribution in [1.29, 1.82) is 0 Å². The lowest BCUT2D eigenvalue weighted by molar-refractivity contribution is 0.469. The van der Waals surface area contributed by atoms with Gasteiger partial charge in [0.25, 0.3) is 5.56 Å². The maximum absolute atomic E-state index is 12.9. The largest absolute Gasteiger partial charge is 0.507 e. The Bertz CT molecular complexity index is 2100. The normalized spacial score (nSPS) is 11.7. The lowest BCUT2D eigenvalue weighted by atomic mass is 9.98. The van der Waals surface area contributed by atoms with Crippen molar-refractivity contribution in [2.45, 2.75) is 33.7 Å². The van der Waals surface area contributed by atoms with Gasteiger partial charge < -0.3 is 14.5 Å².